The Bertz CT molecular complexity index is 402. The highest BCUT2D eigenvalue weighted by atomic mass is 15.4. The van der Waals surface area contributed by atoms with Gasteiger partial charge in [0.1, 0.15) is 11.6 Å². The van der Waals surface area contributed by atoms with Crippen LogP contribution < -0.4 is 11.1 Å². The maximum absolute atomic E-state index is 5.47. The van der Waals surface area contributed by atoms with Crippen molar-refractivity contribution in [3.63, 3.8) is 0 Å². The van der Waals surface area contributed by atoms with Crippen LogP contribution in [0.15, 0.2) is 12.3 Å². The van der Waals surface area contributed by atoms with Gasteiger partial charge in [-0.05, 0) is 0 Å². The van der Waals surface area contributed by atoms with Crippen molar-refractivity contribution in [1.82, 2.24) is 25.0 Å². The Morgan fingerprint density at radius 3 is 3.07 bits per heavy atom. The van der Waals surface area contributed by atoms with Crippen molar-refractivity contribution in [3.05, 3.63) is 18.1 Å². The van der Waals surface area contributed by atoms with Crippen LogP contribution in [0.1, 0.15) is 5.82 Å². The highest BCUT2D eigenvalue weighted by Gasteiger charge is 2.05. The van der Waals surface area contributed by atoms with E-state index in [2.05, 4.69) is 25.6 Å². The third-order valence-electron chi connectivity index (χ3n) is 1.78. The summed E-state index contributed by atoms with van der Waals surface area (Å²) in [7, 11) is 1.80. The summed E-state index contributed by atoms with van der Waals surface area (Å²) in [4.78, 5) is 4.17. The van der Waals surface area contributed by atoms with E-state index in [1.807, 2.05) is 0 Å². The molecule has 7 heteroatoms. The molecule has 0 fully saturated rings. The van der Waals surface area contributed by atoms with E-state index < -0.39 is 0 Å². The van der Waals surface area contributed by atoms with E-state index in [0.29, 0.717) is 12.5 Å². The largest absolute Gasteiger partial charge is 0.324 e. The molecule has 0 spiro atoms. The first-order valence-corrected chi connectivity index (χ1v) is 4.16. The van der Waals surface area contributed by atoms with Gasteiger partial charge in [-0.3, -0.25) is 5.10 Å². The normalized spacial score (nSPS) is 10.4. The molecule has 7 nitrogen and oxygen atoms in total. The first kappa shape index (κ1) is 8.70. The quantitative estimate of drug-likeness (QED) is 0.624. The van der Waals surface area contributed by atoms with Crippen LogP contribution in [0.3, 0.4) is 0 Å². The predicted octanol–water partition coefficient (Wildman–Crippen LogP) is -0.260. The number of anilines is 2. The van der Waals surface area contributed by atoms with Gasteiger partial charge in [-0.25, -0.2) is 4.68 Å². The number of aromatic nitrogens is 5. The molecular weight excluding hydrogens is 182 g/mol. The number of nitrogens with two attached hydrogens (primary N) is 1. The highest BCUT2D eigenvalue weighted by molar-refractivity contribution is 5.45. The fourth-order valence-electron chi connectivity index (χ4n) is 1.09. The molecule has 2 heterocycles. The molecule has 0 aliphatic rings. The molecule has 74 valence electrons. The topological polar surface area (TPSA) is 97.4 Å². The molecule has 0 aromatic carbocycles. The van der Waals surface area contributed by atoms with Gasteiger partial charge in [0, 0.05) is 13.1 Å². The number of aromatic amines is 1. The van der Waals surface area contributed by atoms with E-state index in [9.17, 15) is 0 Å². The lowest BCUT2D eigenvalue weighted by Gasteiger charge is -1.94. The van der Waals surface area contributed by atoms with E-state index in [0.717, 1.165) is 11.6 Å². The monoisotopic (exact) mass is 193 g/mol. The van der Waals surface area contributed by atoms with Crippen molar-refractivity contribution in [2.75, 3.05) is 5.32 Å². The molecule has 0 aliphatic heterocycles. The lowest BCUT2D eigenvalue weighted by Crippen LogP contribution is -2.05. The van der Waals surface area contributed by atoms with E-state index in [1.54, 1.807) is 24.0 Å². The lowest BCUT2D eigenvalue weighted by atomic mass is 10.6. The first-order chi connectivity index (χ1) is 6.79. The second kappa shape index (κ2) is 3.46. The van der Waals surface area contributed by atoms with E-state index in [1.165, 1.54) is 0 Å². The van der Waals surface area contributed by atoms with Gasteiger partial charge in [-0.15, -0.1) is 5.10 Å². The zero-order valence-electron chi connectivity index (χ0n) is 7.73. The van der Waals surface area contributed by atoms with Crippen LogP contribution in [-0.2, 0) is 13.6 Å². The summed E-state index contributed by atoms with van der Waals surface area (Å²) in [5.74, 6) is 1.99. The van der Waals surface area contributed by atoms with Gasteiger partial charge >= 0.3 is 0 Å². The van der Waals surface area contributed by atoms with Crippen LogP contribution >= 0.6 is 0 Å². The summed E-state index contributed by atoms with van der Waals surface area (Å²) in [5.41, 5.74) is 5.47. The number of hydrogen-bond acceptors (Lipinski definition) is 5. The lowest BCUT2D eigenvalue weighted by molar-refractivity contribution is 0.703. The molecule has 0 saturated heterocycles. The number of rotatable bonds is 3. The van der Waals surface area contributed by atoms with Gasteiger partial charge in [0.05, 0.1) is 12.7 Å². The predicted molar refractivity (Wildman–Crippen MR) is 50.8 cm³/mol. The van der Waals surface area contributed by atoms with Gasteiger partial charge in [0.15, 0.2) is 0 Å². The Labute approximate surface area is 80.3 Å². The molecule has 0 amide bonds. The average Bonchev–Trinajstić information content (AvgIpc) is 2.76. The van der Waals surface area contributed by atoms with Gasteiger partial charge in [0.25, 0.3) is 0 Å². The minimum absolute atomic E-state index is 0.369. The summed E-state index contributed by atoms with van der Waals surface area (Å²) in [6.07, 6.45) is 1.65. The second-order valence-electron chi connectivity index (χ2n) is 2.77. The number of nitrogens with one attached hydrogen (secondary N) is 2. The van der Waals surface area contributed by atoms with Crippen molar-refractivity contribution in [1.29, 1.82) is 0 Å². The van der Waals surface area contributed by atoms with Gasteiger partial charge in [-0.2, -0.15) is 10.1 Å². The molecular formula is C7H11N7. The Morgan fingerprint density at radius 1 is 1.64 bits per heavy atom. The van der Waals surface area contributed by atoms with E-state index in [4.69, 9.17) is 5.73 Å². The zero-order valence-corrected chi connectivity index (χ0v) is 7.73. The van der Waals surface area contributed by atoms with E-state index in [-0.39, 0.29) is 0 Å². The standard InChI is InChI=1S/C7H11N7/c1-14-6(4-8)11-7(13-14)10-5-2-3-9-12-5/h2-3H,4,8H2,1H3,(H2,9,10,12,13). The minimum Gasteiger partial charge on any atom is -0.324 e. The third-order valence-corrected chi connectivity index (χ3v) is 1.78. The van der Waals surface area contributed by atoms with Crippen LogP contribution in [-0.4, -0.2) is 25.0 Å². The molecule has 0 aliphatic carbocycles. The Hall–Kier alpha value is -1.89. The maximum Gasteiger partial charge on any atom is 0.247 e. The summed E-state index contributed by atoms with van der Waals surface area (Å²) in [5, 5.41) is 13.6. The Morgan fingerprint density at radius 2 is 2.50 bits per heavy atom. The zero-order chi connectivity index (χ0) is 9.97. The molecule has 0 unspecified atom stereocenters. The molecule has 2 rings (SSSR count). The van der Waals surface area contributed by atoms with E-state index >= 15 is 0 Å². The smallest absolute Gasteiger partial charge is 0.247 e. The number of H-pyrrole nitrogens is 1. The first-order valence-electron chi connectivity index (χ1n) is 4.16. The van der Waals surface area contributed by atoms with Crippen molar-refractivity contribution >= 4 is 11.8 Å². The van der Waals surface area contributed by atoms with Crippen molar-refractivity contribution in [3.8, 4) is 0 Å². The molecule has 0 bridgehead atoms. The van der Waals surface area contributed by atoms with Crippen LogP contribution in [0, 0.1) is 0 Å². The summed E-state index contributed by atoms with van der Waals surface area (Å²) in [6, 6.07) is 1.79. The number of aryl methyl sites for hydroxylation is 1. The SMILES string of the molecule is Cn1nc(Nc2ccn[nH]2)nc1CN. The van der Waals surface area contributed by atoms with Crippen LogP contribution in [0.2, 0.25) is 0 Å². The number of nitrogens with zero attached hydrogens (tertiary/aromatic N) is 4. The molecule has 0 radical (unpaired) electrons. The van der Waals surface area contributed by atoms with Gasteiger partial charge in [0.2, 0.25) is 5.95 Å². The molecule has 0 atom stereocenters. The third kappa shape index (κ3) is 1.57. The minimum atomic E-state index is 0.369. The fourth-order valence-corrected chi connectivity index (χ4v) is 1.09. The number of hydrogen-bond donors (Lipinski definition) is 3. The summed E-state index contributed by atoms with van der Waals surface area (Å²) >= 11 is 0. The molecule has 2 aromatic heterocycles. The Balaban J connectivity index is 2.17. The highest BCUT2D eigenvalue weighted by Crippen LogP contribution is 2.08. The van der Waals surface area contributed by atoms with Crippen molar-refractivity contribution in [2.24, 2.45) is 12.8 Å². The summed E-state index contributed by atoms with van der Waals surface area (Å²) < 4.78 is 1.64. The fraction of sp³-hybridized carbons (Fsp3) is 0.286. The molecule has 0 saturated carbocycles. The van der Waals surface area contributed by atoms with Crippen LogP contribution in [0.5, 0.6) is 0 Å². The molecule has 2 aromatic rings. The summed E-state index contributed by atoms with van der Waals surface area (Å²) in [6.45, 7) is 0.369. The van der Waals surface area contributed by atoms with Crippen LogP contribution in [0.25, 0.3) is 0 Å². The molecule has 4 N–H and O–H groups in total. The average molecular weight is 193 g/mol. The Kier molecular flexibility index (Phi) is 2.15. The van der Waals surface area contributed by atoms with Crippen molar-refractivity contribution < 1.29 is 0 Å². The molecule has 14 heavy (non-hydrogen) atoms. The van der Waals surface area contributed by atoms with Crippen molar-refractivity contribution in [2.45, 2.75) is 6.54 Å². The maximum atomic E-state index is 5.47. The van der Waals surface area contributed by atoms with Gasteiger partial charge < -0.3 is 11.1 Å². The van der Waals surface area contributed by atoms with Crippen LogP contribution in [0.4, 0.5) is 11.8 Å². The second-order valence-corrected chi connectivity index (χ2v) is 2.77. The van der Waals surface area contributed by atoms with Gasteiger partial charge in [-0.1, -0.05) is 0 Å².